The number of amides is 3. The highest BCUT2D eigenvalue weighted by Crippen LogP contribution is 2.43. The van der Waals surface area contributed by atoms with Gasteiger partial charge in [0, 0.05) is 68.9 Å². The van der Waals surface area contributed by atoms with Crippen LogP contribution in [0.2, 0.25) is 0 Å². The first-order chi connectivity index (χ1) is 23.7. The summed E-state index contributed by atoms with van der Waals surface area (Å²) in [5.74, 6) is 0.717. The van der Waals surface area contributed by atoms with Gasteiger partial charge >= 0.3 is 0 Å². The highest BCUT2D eigenvalue weighted by molar-refractivity contribution is 6.03. The Bertz CT molecular complexity index is 1990. The Balaban J connectivity index is 0.999. The molecule has 1 spiro atoms. The third kappa shape index (κ3) is 6.19. The first kappa shape index (κ1) is 32.2. The van der Waals surface area contributed by atoms with E-state index in [1.165, 1.54) is 0 Å². The van der Waals surface area contributed by atoms with Crippen molar-refractivity contribution in [3.05, 3.63) is 70.8 Å². The second kappa shape index (κ2) is 12.9. The number of hydrogen-bond acceptors (Lipinski definition) is 11. The van der Waals surface area contributed by atoms with Crippen LogP contribution in [0.5, 0.6) is 11.5 Å². The van der Waals surface area contributed by atoms with Gasteiger partial charge in [0.1, 0.15) is 23.4 Å². The Morgan fingerprint density at radius 3 is 2.47 bits per heavy atom. The van der Waals surface area contributed by atoms with Gasteiger partial charge in [-0.3, -0.25) is 34.4 Å². The number of pyridine rings is 2. The van der Waals surface area contributed by atoms with Crippen molar-refractivity contribution < 1.29 is 23.9 Å². The molecular formula is C35H38N8O6. The average molecular weight is 667 g/mol. The van der Waals surface area contributed by atoms with Crippen LogP contribution >= 0.6 is 0 Å². The van der Waals surface area contributed by atoms with E-state index in [-0.39, 0.29) is 35.5 Å². The number of likely N-dealkylation sites (tertiary alicyclic amines) is 1. The van der Waals surface area contributed by atoms with E-state index in [2.05, 4.69) is 35.4 Å². The van der Waals surface area contributed by atoms with Gasteiger partial charge in [0.05, 0.1) is 25.2 Å². The summed E-state index contributed by atoms with van der Waals surface area (Å²) >= 11 is 0. The number of nitrogens with one attached hydrogen (secondary N) is 2. The molecule has 49 heavy (non-hydrogen) atoms. The van der Waals surface area contributed by atoms with Gasteiger partial charge in [-0.05, 0) is 67.6 Å². The van der Waals surface area contributed by atoms with Crippen molar-refractivity contribution in [3.8, 4) is 22.6 Å². The second-order valence-electron chi connectivity index (χ2n) is 13.1. The van der Waals surface area contributed by atoms with Crippen LogP contribution in [0.3, 0.4) is 0 Å². The lowest BCUT2D eigenvalue weighted by atomic mass is 9.72. The second-order valence-corrected chi connectivity index (χ2v) is 13.1. The van der Waals surface area contributed by atoms with Crippen LogP contribution in [-0.4, -0.2) is 88.6 Å². The molecule has 0 aliphatic carbocycles. The van der Waals surface area contributed by atoms with Crippen molar-refractivity contribution in [3.63, 3.8) is 0 Å². The number of anilines is 1. The number of rotatable bonds is 8. The lowest BCUT2D eigenvalue weighted by molar-refractivity contribution is -0.134. The van der Waals surface area contributed by atoms with E-state index in [1.807, 2.05) is 24.4 Å². The molecular weight excluding hydrogens is 628 g/mol. The van der Waals surface area contributed by atoms with E-state index in [1.54, 1.807) is 50.5 Å². The first-order valence-electron chi connectivity index (χ1n) is 16.3. The van der Waals surface area contributed by atoms with E-state index < -0.39 is 17.9 Å². The van der Waals surface area contributed by atoms with Gasteiger partial charge < -0.3 is 24.3 Å². The van der Waals surface area contributed by atoms with E-state index in [0.29, 0.717) is 17.7 Å². The number of fused-ring (bicyclic) bond motifs is 1. The van der Waals surface area contributed by atoms with E-state index in [4.69, 9.17) is 9.47 Å². The third-order valence-electron chi connectivity index (χ3n) is 9.97. The molecule has 3 aromatic heterocycles. The summed E-state index contributed by atoms with van der Waals surface area (Å²) in [6.45, 7) is 4.14. The van der Waals surface area contributed by atoms with Crippen LogP contribution in [0, 0.1) is 5.41 Å². The average Bonchev–Trinajstić information content (AvgIpc) is 3.10. The minimum atomic E-state index is -0.786. The Hall–Kier alpha value is -5.37. The Morgan fingerprint density at radius 1 is 1.04 bits per heavy atom. The zero-order valence-corrected chi connectivity index (χ0v) is 27.7. The number of carbonyl (C=O) groups is 3. The lowest BCUT2D eigenvalue weighted by Crippen LogP contribution is -2.60. The predicted molar refractivity (Wildman–Crippen MR) is 180 cm³/mol. The largest absolute Gasteiger partial charge is 0.496 e. The lowest BCUT2D eigenvalue weighted by Gasteiger charge is -2.54. The van der Waals surface area contributed by atoms with Crippen LogP contribution in [0.1, 0.15) is 41.9 Å². The molecule has 7 rings (SSSR count). The number of aromatic nitrogens is 4. The Kier molecular flexibility index (Phi) is 8.49. The number of hydrogen-bond donors (Lipinski definition) is 2. The molecule has 4 aromatic rings. The van der Waals surface area contributed by atoms with Gasteiger partial charge in [-0.1, -0.05) is 0 Å². The molecule has 0 radical (unpaired) electrons. The normalized spacial score (nSPS) is 19.0. The molecule has 0 saturated carbocycles. The molecule has 3 aliphatic heterocycles. The van der Waals surface area contributed by atoms with E-state index in [0.717, 1.165) is 72.6 Å². The summed E-state index contributed by atoms with van der Waals surface area (Å²) in [6, 6.07) is 6.88. The van der Waals surface area contributed by atoms with Crippen LogP contribution in [0.25, 0.3) is 21.9 Å². The number of carbonyl (C=O) groups excluding carboxylic acids is 3. The number of ether oxygens (including phenoxy) is 2. The molecule has 1 unspecified atom stereocenters. The minimum absolute atomic E-state index is 0.00612. The Morgan fingerprint density at radius 2 is 1.78 bits per heavy atom. The number of piperidine rings is 2. The molecule has 0 bridgehead atoms. The third-order valence-corrected chi connectivity index (χ3v) is 9.97. The number of methoxy groups -OCH3 is 2. The van der Waals surface area contributed by atoms with Crippen molar-refractivity contribution in [2.24, 2.45) is 12.5 Å². The van der Waals surface area contributed by atoms with Crippen LogP contribution in [0.15, 0.2) is 53.8 Å². The number of nitrogens with zero attached hydrogens (tertiary/aromatic N) is 6. The fourth-order valence-corrected chi connectivity index (χ4v) is 7.18. The van der Waals surface area contributed by atoms with Gasteiger partial charge in [0.15, 0.2) is 0 Å². The van der Waals surface area contributed by atoms with Gasteiger partial charge in [0.2, 0.25) is 17.6 Å². The summed E-state index contributed by atoms with van der Waals surface area (Å²) in [4.78, 5) is 66.4. The van der Waals surface area contributed by atoms with Crippen molar-refractivity contribution in [2.45, 2.75) is 38.3 Å². The molecule has 3 saturated heterocycles. The van der Waals surface area contributed by atoms with Crippen molar-refractivity contribution in [1.29, 1.82) is 0 Å². The van der Waals surface area contributed by atoms with Crippen molar-refractivity contribution in [2.75, 3.05) is 45.3 Å². The first-order valence-corrected chi connectivity index (χ1v) is 16.3. The minimum Gasteiger partial charge on any atom is -0.496 e. The van der Waals surface area contributed by atoms with E-state index >= 15 is 0 Å². The molecule has 254 valence electrons. The summed E-state index contributed by atoms with van der Waals surface area (Å²) in [5.41, 5.74) is 2.81. The topological polar surface area (TPSA) is 161 Å². The van der Waals surface area contributed by atoms with Crippen LogP contribution in [-0.2, 0) is 23.2 Å². The monoisotopic (exact) mass is 666 g/mol. The molecule has 6 heterocycles. The number of imide groups is 1. The summed E-state index contributed by atoms with van der Waals surface area (Å²) in [5, 5.41) is 6.26. The number of benzene rings is 1. The molecule has 1 atom stereocenters. The Labute approximate surface area is 282 Å². The zero-order chi connectivity index (χ0) is 34.3. The van der Waals surface area contributed by atoms with Gasteiger partial charge in [-0.25, -0.2) is 9.97 Å². The predicted octanol–water partition coefficient (Wildman–Crippen LogP) is 2.05. The smallest absolute Gasteiger partial charge is 0.289 e. The fraction of sp³-hybridized carbons (Fsp3) is 0.400. The molecule has 3 fully saturated rings. The standard InChI is InChI=1S/C35H38N8O6/c1-41-17-24(22-6-10-36-16-23(22)34(41)47)21-14-27(48-2)25(28(15-21)49-3)18-42-12-8-35(9-13-42)19-43(20-35)29-7-11-37-31(39-29)33(46)38-26-4-5-30(44)40-32(26)45/h6-7,10-11,14-17,26H,4-5,8-9,12-13,18-20H2,1-3H3,(H,38,46)(H,40,44,45). The zero-order valence-electron chi connectivity index (χ0n) is 27.7. The molecule has 3 aliphatic rings. The maximum absolute atomic E-state index is 12.8. The van der Waals surface area contributed by atoms with Crippen LogP contribution < -0.4 is 30.6 Å². The quantitative estimate of drug-likeness (QED) is 0.265. The van der Waals surface area contributed by atoms with Crippen LogP contribution in [0.4, 0.5) is 5.82 Å². The summed E-state index contributed by atoms with van der Waals surface area (Å²) in [6.07, 6.45) is 9.13. The number of aryl methyl sites for hydroxylation is 1. The van der Waals surface area contributed by atoms with Gasteiger partial charge in [-0.2, -0.15) is 0 Å². The maximum atomic E-state index is 12.8. The maximum Gasteiger partial charge on any atom is 0.289 e. The highest BCUT2D eigenvalue weighted by Gasteiger charge is 2.45. The molecule has 3 amide bonds. The van der Waals surface area contributed by atoms with E-state index in [9.17, 15) is 19.2 Å². The van der Waals surface area contributed by atoms with Gasteiger partial charge in [-0.15, -0.1) is 0 Å². The van der Waals surface area contributed by atoms with Crippen molar-refractivity contribution in [1.82, 2.24) is 35.1 Å². The molecule has 1 aromatic carbocycles. The molecule has 14 heteroatoms. The molecule has 2 N–H and O–H groups in total. The summed E-state index contributed by atoms with van der Waals surface area (Å²) in [7, 11) is 5.06. The van der Waals surface area contributed by atoms with Gasteiger partial charge in [0.25, 0.3) is 11.5 Å². The SMILES string of the molecule is COc1cc(-c2cn(C)c(=O)c3cnccc23)cc(OC)c1CN1CCC2(CC1)CN(c1ccnc(C(=O)NC3CCC(=O)NC3=O)n1)C2. The highest BCUT2D eigenvalue weighted by atomic mass is 16.5. The summed E-state index contributed by atoms with van der Waals surface area (Å²) < 4.78 is 13.4. The van der Waals surface area contributed by atoms with Crippen molar-refractivity contribution >= 4 is 34.3 Å². The molecule has 14 nitrogen and oxygen atoms in total. The fourth-order valence-electron chi connectivity index (χ4n) is 7.18.